The van der Waals surface area contributed by atoms with Gasteiger partial charge in [-0.05, 0) is 36.8 Å². The minimum atomic E-state index is -0.613. The summed E-state index contributed by atoms with van der Waals surface area (Å²) in [5, 5.41) is 3.34. The summed E-state index contributed by atoms with van der Waals surface area (Å²) in [6.07, 6.45) is 3.40. The van der Waals surface area contributed by atoms with Gasteiger partial charge >= 0.3 is 6.03 Å². The number of nitrogens with one attached hydrogen (secondary N) is 1. The Bertz CT molecular complexity index is 1120. The molecule has 30 heavy (non-hydrogen) atoms. The molecule has 0 bridgehead atoms. The first-order valence-electron chi connectivity index (χ1n) is 9.51. The number of carbonyl (C=O) groups excluding carboxylic acids is 2. The largest absolute Gasteiger partial charge is 0.328 e. The zero-order valence-corrected chi connectivity index (χ0v) is 17.3. The van der Waals surface area contributed by atoms with Crippen LogP contribution in [0.3, 0.4) is 0 Å². The summed E-state index contributed by atoms with van der Waals surface area (Å²) in [5.41, 5.74) is 1.24. The van der Waals surface area contributed by atoms with E-state index in [-0.39, 0.29) is 5.78 Å². The van der Waals surface area contributed by atoms with E-state index in [4.69, 9.17) is 16.6 Å². The topological polar surface area (TPSA) is 88.1 Å². The van der Waals surface area contributed by atoms with Crippen LogP contribution in [0.25, 0.3) is 11.3 Å². The van der Waals surface area contributed by atoms with Crippen molar-refractivity contribution in [1.82, 2.24) is 15.0 Å². The lowest BCUT2D eigenvalue weighted by Gasteiger charge is -2.23. The fourth-order valence-corrected chi connectivity index (χ4v) is 3.54. The summed E-state index contributed by atoms with van der Waals surface area (Å²) in [6, 6.07) is 12.0. The number of fused-ring (bicyclic) bond motifs is 1. The summed E-state index contributed by atoms with van der Waals surface area (Å²) in [5.74, 6) is 0.659. The van der Waals surface area contributed by atoms with E-state index < -0.39 is 11.4 Å². The van der Waals surface area contributed by atoms with Crippen LogP contribution in [0.4, 0.5) is 16.4 Å². The van der Waals surface area contributed by atoms with Gasteiger partial charge in [-0.3, -0.25) is 15.0 Å². The maximum atomic E-state index is 13.1. The number of urea groups is 1. The summed E-state index contributed by atoms with van der Waals surface area (Å²) < 4.78 is 0. The Kier molecular flexibility index (Phi) is 5.22. The van der Waals surface area contributed by atoms with Crippen molar-refractivity contribution in [2.75, 3.05) is 16.8 Å². The number of amides is 2. The standard InChI is InChI=1S/C22H20ClN5O2/c1-22(2)9-11-28(21(30)27-18-8-10-24-13-25-18)20-16(19(22)29)6-7-17(26-20)14-4-3-5-15(23)12-14/h3-8,10,12-13H,9,11H2,1-2H3,(H,24,25,27,30). The van der Waals surface area contributed by atoms with Gasteiger partial charge < -0.3 is 0 Å². The number of anilines is 2. The SMILES string of the molecule is CC1(C)CCN(C(=O)Nc2ccncn2)c2nc(-c3cccc(Cl)c3)ccc2C1=O. The first-order chi connectivity index (χ1) is 14.3. The monoisotopic (exact) mass is 421 g/mol. The maximum absolute atomic E-state index is 13.1. The Balaban J connectivity index is 1.79. The number of hydrogen-bond acceptors (Lipinski definition) is 5. The van der Waals surface area contributed by atoms with Gasteiger partial charge in [0.1, 0.15) is 18.0 Å². The second-order valence-corrected chi connectivity index (χ2v) is 8.15. The lowest BCUT2D eigenvalue weighted by atomic mass is 9.82. The van der Waals surface area contributed by atoms with Gasteiger partial charge in [0.2, 0.25) is 0 Å². The molecule has 7 nitrogen and oxygen atoms in total. The highest BCUT2D eigenvalue weighted by atomic mass is 35.5. The van der Waals surface area contributed by atoms with Crippen LogP contribution < -0.4 is 10.2 Å². The van der Waals surface area contributed by atoms with Crippen molar-refractivity contribution in [3.05, 3.63) is 65.6 Å². The molecule has 0 spiro atoms. The lowest BCUT2D eigenvalue weighted by Crippen LogP contribution is -2.37. The van der Waals surface area contributed by atoms with Crippen molar-refractivity contribution in [2.24, 2.45) is 5.41 Å². The average Bonchev–Trinajstić information content (AvgIpc) is 2.83. The predicted molar refractivity (Wildman–Crippen MR) is 116 cm³/mol. The van der Waals surface area contributed by atoms with Gasteiger partial charge in [-0.25, -0.2) is 19.7 Å². The number of rotatable bonds is 2. The van der Waals surface area contributed by atoms with Gasteiger partial charge in [0, 0.05) is 28.7 Å². The smallest absolute Gasteiger partial charge is 0.293 e. The van der Waals surface area contributed by atoms with E-state index in [1.54, 1.807) is 36.5 Å². The molecule has 0 saturated heterocycles. The van der Waals surface area contributed by atoms with Crippen LogP contribution >= 0.6 is 11.6 Å². The van der Waals surface area contributed by atoms with E-state index >= 15 is 0 Å². The third-order valence-corrected chi connectivity index (χ3v) is 5.37. The number of Topliss-reactive ketones (excluding diaryl/α,β-unsaturated/α-hetero) is 1. The third kappa shape index (κ3) is 3.89. The molecule has 1 aliphatic heterocycles. The maximum Gasteiger partial charge on any atom is 0.328 e. The van der Waals surface area contributed by atoms with Crippen molar-refractivity contribution in [1.29, 1.82) is 0 Å². The number of hydrogen-bond donors (Lipinski definition) is 1. The fourth-order valence-electron chi connectivity index (χ4n) is 3.35. The molecule has 0 unspecified atom stereocenters. The molecule has 1 N–H and O–H groups in total. The van der Waals surface area contributed by atoms with Gasteiger partial charge in [0.15, 0.2) is 5.78 Å². The molecule has 152 valence electrons. The quantitative estimate of drug-likeness (QED) is 0.639. The Morgan fingerprint density at radius 3 is 2.77 bits per heavy atom. The van der Waals surface area contributed by atoms with Gasteiger partial charge in [-0.1, -0.05) is 37.6 Å². The number of benzene rings is 1. The Hall–Kier alpha value is -3.32. The fraction of sp³-hybridized carbons (Fsp3) is 0.227. The van der Waals surface area contributed by atoms with Gasteiger partial charge in [0.05, 0.1) is 11.3 Å². The first-order valence-corrected chi connectivity index (χ1v) is 9.89. The Labute approximate surface area is 179 Å². The molecule has 2 aromatic heterocycles. The van der Waals surface area contributed by atoms with Crippen LogP contribution in [-0.4, -0.2) is 33.3 Å². The highest BCUT2D eigenvalue weighted by molar-refractivity contribution is 6.30. The normalized spacial score (nSPS) is 15.3. The Morgan fingerprint density at radius 1 is 1.20 bits per heavy atom. The number of carbonyl (C=O) groups is 2. The van der Waals surface area contributed by atoms with Crippen LogP contribution in [0.2, 0.25) is 5.02 Å². The van der Waals surface area contributed by atoms with Gasteiger partial charge in [0.25, 0.3) is 0 Å². The number of nitrogens with zero attached hydrogens (tertiary/aromatic N) is 4. The second kappa shape index (κ2) is 7.84. The summed E-state index contributed by atoms with van der Waals surface area (Å²) in [7, 11) is 0. The number of halogens is 1. The summed E-state index contributed by atoms with van der Waals surface area (Å²) >= 11 is 6.13. The van der Waals surface area contributed by atoms with Crippen LogP contribution in [0.1, 0.15) is 30.6 Å². The van der Waals surface area contributed by atoms with E-state index in [9.17, 15) is 9.59 Å². The zero-order valence-electron chi connectivity index (χ0n) is 16.6. The minimum absolute atomic E-state index is 0.0417. The Morgan fingerprint density at radius 2 is 2.03 bits per heavy atom. The van der Waals surface area contributed by atoms with Crippen LogP contribution in [0.15, 0.2) is 55.0 Å². The molecule has 3 aromatic rings. The molecule has 4 rings (SSSR count). The van der Waals surface area contributed by atoms with Crippen molar-refractivity contribution in [2.45, 2.75) is 20.3 Å². The highest BCUT2D eigenvalue weighted by Crippen LogP contribution is 2.36. The molecule has 1 aliphatic rings. The van der Waals surface area contributed by atoms with Crippen LogP contribution in [-0.2, 0) is 0 Å². The van der Waals surface area contributed by atoms with E-state index in [1.165, 1.54) is 11.2 Å². The van der Waals surface area contributed by atoms with E-state index in [2.05, 4.69) is 15.3 Å². The van der Waals surface area contributed by atoms with Gasteiger partial charge in [-0.15, -0.1) is 0 Å². The van der Waals surface area contributed by atoms with Crippen molar-refractivity contribution >= 4 is 35.1 Å². The first kappa shape index (κ1) is 20.0. The molecule has 0 aliphatic carbocycles. The number of pyridine rings is 1. The summed E-state index contributed by atoms with van der Waals surface area (Å²) in [6.45, 7) is 4.11. The molecule has 1 aromatic carbocycles. The molecule has 8 heteroatoms. The third-order valence-electron chi connectivity index (χ3n) is 5.13. The van der Waals surface area contributed by atoms with Gasteiger partial charge in [-0.2, -0.15) is 0 Å². The molecule has 0 fully saturated rings. The lowest BCUT2D eigenvalue weighted by molar-refractivity contribution is 0.0835. The van der Waals surface area contributed by atoms with Crippen LogP contribution in [0.5, 0.6) is 0 Å². The molecule has 2 amide bonds. The predicted octanol–water partition coefficient (Wildman–Crippen LogP) is 4.84. The van der Waals surface area contributed by atoms with E-state index in [0.717, 1.165) is 5.56 Å². The minimum Gasteiger partial charge on any atom is -0.293 e. The average molecular weight is 422 g/mol. The van der Waals surface area contributed by atoms with Crippen molar-refractivity contribution in [3.63, 3.8) is 0 Å². The molecular formula is C22H20ClN5O2. The van der Waals surface area contributed by atoms with Crippen LogP contribution in [0, 0.1) is 5.41 Å². The molecule has 0 atom stereocenters. The molecule has 3 heterocycles. The second-order valence-electron chi connectivity index (χ2n) is 7.72. The highest BCUT2D eigenvalue weighted by Gasteiger charge is 2.37. The zero-order chi connectivity index (χ0) is 21.3. The number of ketones is 1. The molecule has 0 radical (unpaired) electrons. The number of aromatic nitrogens is 3. The van der Waals surface area contributed by atoms with Crippen molar-refractivity contribution < 1.29 is 9.59 Å². The summed E-state index contributed by atoms with van der Waals surface area (Å²) in [4.78, 5) is 40.3. The molecule has 0 saturated carbocycles. The van der Waals surface area contributed by atoms with E-state index in [0.29, 0.717) is 40.9 Å². The molecular weight excluding hydrogens is 402 g/mol. The van der Waals surface area contributed by atoms with Crippen molar-refractivity contribution in [3.8, 4) is 11.3 Å². The van der Waals surface area contributed by atoms with E-state index in [1.807, 2.05) is 26.0 Å².